The van der Waals surface area contributed by atoms with Crippen LogP contribution in [0.25, 0.3) is 0 Å². The molecule has 1 atom stereocenters. The molecule has 0 aliphatic carbocycles. The number of nitrogens with one attached hydrogen (secondary N) is 1. The van der Waals surface area contributed by atoms with E-state index in [9.17, 15) is 9.59 Å². The molecule has 1 aliphatic rings. The van der Waals surface area contributed by atoms with Crippen molar-refractivity contribution < 1.29 is 14.3 Å². The summed E-state index contributed by atoms with van der Waals surface area (Å²) in [7, 11) is 0. The highest BCUT2D eigenvalue weighted by Crippen LogP contribution is 2.21. The maximum Gasteiger partial charge on any atom is 0.254 e. The van der Waals surface area contributed by atoms with Crippen molar-refractivity contribution in [2.45, 2.75) is 38.6 Å². The molecule has 5 heteroatoms. The Hall–Kier alpha value is -2.82. The molecule has 0 saturated carbocycles. The number of carbonyl (C=O) groups excluding carboxylic acids is 2. The smallest absolute Gasteiger partial charge is 0.254 e. The standard InChI is InChI=1S/C23H28N2O3/c1-17(2)18-10-12-20(13-11-18)28-16-14-24-22(26)21-9-6-15-25(21)23(27)19-7-4-3-5-8-19/h3-5,7-8,10-13,17,21H,6,9,14-16H2,1-2H3,(H,24,26). The molecule has 0 bridgehead atoms. The maximum atomic E-state index is 12.7. The molecule has 1 heterocycles. The molecule has 2 aromatic rings. The molecule has 1 fully saturated rings. The van der Waals surface area contributed by atoms with E-state index in [-0.39, 0.29) is 11.8 Å². The minimum atomic E-state index is -0.405. The number of amides is 2. The van der Waals surface area contributed by atoms with Crippen LogP contribution in [0, 0.1) is 0 Å². The summed E-state index contributed by atoms with van der Waals surface area (Å²) in [4.78, 5) is 26.9. The molecule has 148 valence electrons. The molecule has 1 aliphatic heterocycles. The fourth-order valence-electron chi connectivity index (χ4n) is 3.44. The number of carbonyl (C=O) groups is 2. The van der Waals surface area contributed by atoms with E-state index in [2.05, 4.69) is 31.3 Å². The minimum absolute atomic E-state index is 0.0836. The van der Waals surface area contributed by atoms with Crippen molar-refractivity contribution in [1.82, 2.24) is 10.2 Å². The number of benzene rings is 2. The Labute approximate surface area is 166 Å². The molecule has 28 heavy (non-hydrogen) atoms. The lowest BCUT2D eigenvalue weighted by Gasteiger charge is -2.24. The van der Waals surface area contributed by atoms with Crippen molar-refractivity contribution in [3.05, 3.63) is 65.7 Å². The van der Waals surface area contributed by atoms with Crippen LogP contribution in [0.15, 0.2) is 54.6 Å². The van der Waals surface area contributed by atoms with Crippen molar-refractivity contribution >= 4 is 11.8 Å². The van der Waals surface area contributed by atoms with Crippen LogP contribution in [0.3, 0.4) is 0 Å². The summed E-state index contributed by atoms with van der Waals surface area (Å²) in [5.41, 5.74) is 1.89. The van der Waals surface area contributed by atoms with Crippen molar-refractivity contribution in [2.75, 3.05) is 19.7 Å². The van der Waals surface area contributed by atoms with Gasteiger partial charge < -0.3 is 15.0 Å². The van der Waals surface area contributed by atoms with Crippen LogP contribution < -0.4 is 10.1 Å². The largest absolute Gasteiger partial charge is 0.492 e. The van der Waals surface area contributed by atoms with Crippen molar-refractivity contribution in [3.8, 4) is 5.75 Å². The molecule has 0 aromatic heterocycles. The molecule has 3 rings (SSSR count). The van der Waals surface area contributed by atoms with Gasteiger partial charge in [-0.1, -0.05) is 44.2 Å². The van der Waals surface area contributed by atoms with Crippen LogP contribution in [0.4, 0.5) is 0 Å². The number of hydrogen-bond acceptors (Lipinski definition) is 3. The van der Waals surface area contributed by atoms with Gasteiger partial charge in [-0.2, -0.15) is 0 Å². The zero-order valence-corrected chi connectivity index (χ0v) is 16.6. The lowest BCUT2D eigenvalue weighted by Crippen LogP contribution is -2.46. The molecular formula is C23H28N2O3. The van der Waals surface area contributed by atoms with Crippen LogP contribution in [-0.4, -0.2) is 42.5 Å². The molecule has 0 spiro atoms. The molecule has 0 radical (unpaired) electrons. The zero-order chi connectivity index (χ0) is 19.9. The van der Waals surface area contributed by atoms with Gasteiger partial charge in [0.15, 0.2) is 0 Å². The third kappa shape index (κ3) is 4.91. The number of rotatable bonds is 7. The number of hydrogen-bond donors (Lipinski definition) is 1. The quantitative estimate of drug-likeness (QED) is 0.747. The molecular weight excluding hydrogens is 352 g/mol. The van der Waals surface area contributed by atoms with E-state index >= 15 is 0 Å². The normalized spacial score (nSPS) is 16.2. The van der Waals surface area contributed by atoms with Crippen molar-refractivity contribution in [1.29, 1.82) is 0 Å². The zero-order valence-electron chi connectivity index (χ0n) is 16.6. The number of likely N-dealkylation sites (tertiary alicyclic amines) is 1. The Kier molecular flexibility index (Phi) is 6.69. The van der Waals surface area contributed by atoms with Gasteiger partial charge in [0.1, 0.15) is 18.4 Å². The number of nitrogens with zero attached hydrogens (tertiary/aromatic N) is 1. The third-order valence-corrected chi connectivity index (χ3v) is 5.05. The second-order valence-corrected chi connectivity index (χ2v) is 7.39. The molecule has 2 aromatic carbocycles. The van der Waals surface area contributed by atoms with E-state index in [1.54, 1.807) is 17.0 Å². The first-order chi connectivity index (χ1) is 13.6. The van der Waals surface area contributed by atoms with Gasteiger partial charge in [-0.3, -0.25) is 9.59 Å². The van der Waals surface area contributed by atoms with E-state index in [0.29, 0.717) is 37.6 Å². The minimum Gasteiger partial charge on any atom is -0.492 e. The Morgan fingerprint density at radius 2 is 1.82 bits per heavy atom. The Bertz CT molecular complexity index is 787. The van der Waals surface area contributed by atoms with Crippen LogP contribution >= 0.6 is 0 Å². The summed E-state index contributed by atoms with van der Waals surface area (Å²) >= 11 is 0. The van der Waals surface area contributed by atoms with Gasteiger partial charge in [-0.15, -0.1) is 0 Å². The maximum absolute atomic E-state index is 12.7. The molecule has 1 N–H and O–H groups in total. The SMILES string of the molecule is CC(C)c1ccc(OCCNC(=O)C2CCCN2C(=O)c2ccccc2)cc1. The lowest BCUT2D eigenvalue weighted by molar-refractivity contribution is -0.124. The Morgan fingerprint density at radius 1 is 1.11 bits per heavy atom. The fraction of sp³-hybridized carbons (Fsp3) is 0.391. The van der Waals surface area contributed by atoms with Gasteiger partial charge in [0.2, 0.25) is 5.91 Å². The van der Waals surface area contributed by atoms with Crippen molar-refractivity contribution in [3.63, 3.8) is 0 Å². The van der Waals surface area contributed by atoms with E-state index in [4.69, 9.17) is 4.74 Å². The van der Waals surface area contributed by atoms with Gasteiger partial charge in [0.25, 0.3) is 5.91 Å². The second-order valence-electron chi connectivity index (χ2n) is 7.39. The highest BCUT2D eigenvalue weighted by molar-refractivity contribution is 5.97. The van der Waals surface area contributed by atoms with Crippen LogP contribution in [0.1, 0.15) is 48.5 Å². The van der Waals surface area contributed by atoms with E-state index < -0.39 is 6.04 Å². The van der Waals surface area contributed by atoms with E-state index in [1.807, 2.05) is 30.3 Å². The lowest BCUT2D eigenvalue weighted by atomic mass is 10.0. The average Bonchev–Trinajstić information content (AvgIpc) is 3.21. The first-order valence-electron chi connectivity index (χ1n) is 9.92. The summed E-state index contributed by atoms with van der Waals surface area (Å²) in [6.07, 6.45) is 1.54. The summed E-state index contributed by atoms with van der Waals surface area (Å²) in [5, 5.41) is 2.90. The van der Waals surface area contributed by atoms with Gasteiger partial charge in [-0.05, 0) is 48.6 Å². The van der Waals surface area contributed by atoms with Gasteiger partial charge >= 0.3 is 0 Å². The molecule has 1 saturated heterocycles. The predicted molar refractivity (Wildman–Crippen MR) is 110 cm³/mol. The van der Waals surface area contributed by atoms with E-state index in [0.717, 1.165) is 12.2 Å². The van der Waals surface area contributed by atoms with Crippen LogP contribution in [0.5, 0.6) is 5.75 Å². The highest BCUT2D eigenvalue weighted by Gasteiger charge is 2.34. The Morgan fingerprint density at radius 3 is 2.50 bits per heavy atom. The fourth-order valence-corrected chi connectivity index (χ4v) is 3.44. The van der Waals surface area contributed by atoms with Crippen molar-refractivity contribution in [2.24, 2.45) is 0 Å². The topological polar surface area (TPSA) is 58.6 Å². The predicted octanol–water partition coefficient (Wildman–Crippen LogP) is 3.61. The van der Waals surface area contributed by atoms with Gasteiger partial charge in [0, 0.05) is 12.1 Å². The van der Waals surface area contributed by atoms with Gasteiger partial charge in [-0.25, -0.2) is 0 Å². The molecule has 2 amide bonds. The second kappa shape index (κ2) is 9.40. The van der Waals surface area contributed by atoms with E-state index in [1.165, 1.54) is 5.56 Å². The Balaban J connectivity index is 1.47. The van der Waals surface area contributed by atoms with Crippen LogP contribution in [-0.2, 0) is 4.79 Å². The summed E-state index contributed by atoms with van der Waals surface area (Å²) in [5.74, 6) is 1.09. The molecule has 5 nitrogen and oxygen atoms in total. The first-order valence-corrected chi connectivity index (χ1v) is 9.92. The average molecular weight is 380 g/mol. The summed E-state index contributed by atoms with van der Waals surface area (Å²) < 4.78 is 5.70. The number of ether oxygens (including phenoxy) is 1. The van der Waals surface area contributed by atoms with Crippen LogP contribution in [0.2, 0.25) is 0 Å². The summed E-state index contributed by atoms with van der Waals surface area (Å²) in [6, 6.07) is 16.7. The summed E-state index contributed by atoms with van der Waals surface area (Å²) in [6.45, 7) is 5.73. The molecule has 1 unspecified atom stereocenters. The monoisotopic (exact) mass is 380 g/mol. The first kappa shape index (κ1) is 19.9. The van der Waals surface area contributed by atoms with Gasteiger partial charge in [0.05, 0.1) is 6.54 Å². The third-order valence-electron chi connectivity index (χ3n) is 5.05. The highest BCUT2D eigenvalue weighted by atomic mass is 16.5.